The maximum absolute atomic E-state index is 12.5. The number of urea groups is 1. The number of imide groups is 1. The van der Waals surface area contributed by atoms with Crippen molar-refractivity contribution in [1.82, 2.24) is 15.9 Å². The maximum atomic E-state index is 12.5. The highest BCUT2D eigenvalue weighted by Gasteiger charge is 2.24. The number of unbranched alkanes of at least 4 members (excludes halogenated alkanes) is 11. The van der Waals surface area contributed by atoms with Crippen LogP contribution >= 0.6 is 0 Å². The Bertz CT molecular complexity index is 640. The fourth-order valence-electron chi connectivity index (χ4n) is 3.28. The average molecular weight is 423 g/mol. The highest BCUT2D eigenvalue weighted by Crippen LogP contribution is 2.23. The summed E-state index contributed by atoms with van der Waals surface area (Å²) in [6.07, 6.45) is 14.7. The third-order valence-corrected chi connectivity index (χ3v) is 5.04. The zero-order chi connectivity index (χ0) is 22.2. The van der Waals surface area contributed by atoms with E-state index >= 15 is 0 Å². The normalized spacial score (nSPS) is 10.7. The first kappa shape index (κ1) is 25.7. The quantitative estimate of drug-likeness (QED) is 0.124. The lowest BCUT2D eigenvalue weighted by Crippen LogP contribution is -2.53. The van der Waals surface area contributed by atoms with Crippen molar-refractivity contribution in [1.29, 1.82) is 0 Å². The van der Waals surface area contributed by atoms with E-state index in [1.165, 1.54) is 69.9 Å². The smallest absolute Gasteiger partial charge is 0.353 e. The number of phenols is 2. The second kappa shape index (κ2) is 15.5. The molecule has 0 bridgehead atoms. The molecule has 1 rings (SSSR count). The number of aromatic hydroxyl groups is 2. The molecule has 0 aliphatic heterocycles. The minimum atomic E-state index is -0.827. The molecule has 0 saturated carbocycles. The van der Waals surface area contributed by atoms with Crippen LogP contribution in [-0.2, 0) is 0 Å². The van der Waals surface area contributed by atoms with Crippen LogP contribution in [0.2, 0.25) is 0 Å². The molecule has 1 aromatic rings. The van der Waals surface area contributed by atoms with Crippen LogP contribution in [0.1, 0.15) is 94.3 Å². The summed E-state index contributed by atoms with van der Waals surface area (Å²) in [7, 11) is 0. The molecule has 1 aromatic carbocycles. The van der Waals surface area contributed by atoms with Crippen LogP contribution < -0.4 is 16.7 Å². The lowest BCUT2D eigenvalue weighted by Gasteiger charge is -2.21. The number of carbonyl (C=O) groups is 2. The molecule has 0 saturated heterocycles. The standard InChI is InChI=1S/C22H38N4O4/c1-2-3-4-5-6-7-8-9-10-11-12-13-16-24-26(22(30)25-23)21(29)19-15-14-18(27)17-20(19)28/h14-15,17,24,27-28H,2-13,16,23H2,1H3,(H,25,30). The van der Waals surface area contributed by atoms with Gasteiger partial charge in [-0.25, -0.2) is 16.1 Å². The highest BCUT2D eigenvalue weighted by atomic mass is 16.3. The van der Waals surface area contributed by atoms with Gasteiger partial charge in [0, 0.05) is 12.6 Å². The Morgan fingerprint density at radius 1 is 0.900 bits per heavy atom. The second-order valence-electron chi connectivity index (χ2n) is 7.59. The van der Waals surface area contributed by atoms with Crippen molar-refractivity contribution in [2.75, 3.05) is 6.54 Å². The van der Waals surface area contributed by atoms with Gasteiger partial charge in [0.1, 0.15) is 11.5 Å². The summed E-state index contributed by atoms with van der Waals surface area (Å²) in [5.74, 6) is 3.81. The Kier molecular flexibility index (Phi) is 13.3. The van der Waals surface area contributed by atoms with Gasteiger partial charge < -0.3 is 10.2 Å². The molecule has 8 nitrogen and oxygen atoms in total. The number of carbonyl (C=O) groups excluding carboxylic acids is 2. The summed E-state index contributed by atoms with van der Waals surface area (Å²) in [6, 6.07) is 2.72. The molecule has 3 amide bonds. The largest absolute Gasteiger partial charge is 0.508 e. The van der Waals surface area contributed by atoms with Gasteiger partial charge in [-0.1, -0.05) is 77.6 Å². The first-order chi connectivity index (χ1) is 14.5. The van der Waals surface area contributed by atoms with Gasteiger partial charge in [-0.15, -0.1) is 0 Å². The van der Waals surface area contributed by atoms with Crippen LogP contribution in [0.25, 0.3) is 0 Å². The van der Waals surface area contributed by atoms with Gasteiger partial charge in [-0.05, 0) is 18.6 Å². The van der Waals surface area contributed by atoms with Crippen molar-refractivity contribution >= 4 is 11.9 Å². The van der Waals surface area contributed by atoms with Crippen molar-refractivity contribution in [2.45, 2.75) is 84.0 Å². The van der Waals surface area contributed by atoms with Gasteiger partial charge in [0.15, 0.2) is 0 Å². The van der Waals surface area contributed by atoms with Gasteiger partial charge in [-0.2, -0.15) is 5.01 Å². The minimum absolute atomic E-state index is 0.112. The maximum Gasteiger partial charge on any atom is 0.353 e. The zero-order valence-electron chi connectivity index (χ0n) is 18.2. The van der Waals surface area contributed by atoms with Crippen molar-refractivity contribution < 1.29 is 19.8 Å². The van der Waals surface area contributed by atoms with Crippen molar-refractivity contribution in [3.05, 3.63) is 23.8 Å². The zero-order valence-corrected chi connectivity index (χ0v) is 18.2. The van der Waals surface area contributed by atoms with Crippen molar-refractivity contribution in [3.63, 3.8) is 0 Å². The fraction of sp³-hybridized carbons (Fsp3) is 0.636. The van der Waals surface area contributed by atoms with Gasteiger partial charge in [0.05, 0.1) is 5.56 Å². The molecule has 0 fully saturated rings. The topological polar surface area (TPSA) is 128 Å². The number of hydrogen-bond acceptors (Lipinski definition) is 6. The van der Waals surface area contributed by atoms with Gasteiger partial charge >= 0.3 is 6.03 Å². The molecule has 0 atom stereocenters. The Balaban J connectivity index is 2.24. The van der Waals surface area contributed by atoms with Crippen LogP contribution in [0, 0.1) is 0 Å². The molecule has 30 heavy (non-hydrogen) atoms. The minimum Gasteiger partial charge on any atom is -0.508 e. The van der Waals surface area contributed by atoms with E-state index in [0.29, 0.717) is 6.54 Å². The monoisotopic (exact) mass is 422 g/mol. The second-order valence-corrected chi connectivity index (χ2v) is 7.59. The molecule has 170 valence electrons. The van der Waals surface area contributed by atoms with Crippen molar-refractivity contribution in [2.24, 2.45) is 5.84 Å². The molecule has 0 heterocycles. The number of hydrogen-bond donors (Lipinski definition) is 5. The molecular formula is C22H38N4O4. The van der Waals surface area contributed by atoms with Crippen LogP contribution in [0.4, 0.5) is 4.79 Å². The lowest BCUT2D eigenvalue weighted by atomic mass is 10.1. The number of nitrogens with one attached hydrogen (secondary N) is 2. The number of hydrazine groups is 2. The Hall–Kier alpha value is -2.32. The number of benzene rings is 1. The third-order valence-electron chi connectivity index (χ3n) is 5.04. The lowest BCUT2D eigenvalue weighted by molar-refractivity contribution is 0.0722. The summed E-state index contributed by atoms with van der Waals surface area (Å²) >= 11 is 0. The van der Waals surface area contributed by atoms with Crippen molar-refractivity contribution in [3.8, 4) is 11.5 Å². The average Bonchev–Trinajstić information content (AvgIpc) is 2.73. The molecule has 8 heteroatoms. The number of amides is 3. The van der Waals surface area contributed by atoms with Gasteiger partial charge in [-0.3, -0.25) is 10.2 Å². The molecule has 0 aromatic heterocycles. The number of nitrogens with zero attached hydrogens (tertiary/aromatic N) is 1. The van der Waals surface area contributed by atoms with E-state index in [-0.39, 0.29) is 11.3 Å². The van der Waals surface area contributed by atoms with E-state index in [1.807, 2.05) is 5.43 Å². The summed E-state index contributed by atoms with van der Waals surface area (Å²) in [6.45, 7) is 2.66. The van der Waals surface area contributed by atoms with Gasteiger partial charge in [0.25, 0.3) is 5.91 Å². The summed E-state index contributed by atoms with van der Waals surface area (Å²) in [4.78, 5) is 24.5. The van der Waals surface area contributed by atoms with E-state index in [4.69, 9.17) is 5.84 Å². The van der Waals surface area contributed by atoms with Crippen LogP contribution in [-0.4, -0.2) is 33.7 Å². The van der Waals surface area contributed by atoms with E-state index in [9.17, 15) is 19.8 Å². The van der Waals surface area contributed by atoms with Crippen LogP contribution in [0.3, 0.4) is 0 Å². The Morgan fingerprint density at radius 2 is 1.43 bits per heavy atom. The molecule has 0 aliphatic rings. The predicted molar refractivity (Wildman–Crippen MR) is 118 cm³/mol. The molecular weight excluding hydrogens is 384 g/mol. The summed E-state index contributed by atoms with van der Waals surface area (Å²) in [5, 5.41) is 19.9. The predicted octanol–water partition coefficient (Wildman–Crippen LogP) is 4.33. The van der Waals surface area contributed by atoms with E-state index in [1.54, 1.807) is 0 Å². The Labute approximate surface area is 179 Å². The fourth-order valence-corrected chi connectivity index (χ4v) is 3.28. The SMILES string of the molecule is CCCCCCCCCCCCCCNN(C(=O)NN)C(=O)c1ccc(O)cc1O. The molecule has 0 unspecified atom stereocenters. The Morgan fingerprint density at radius 3 is 1.93 bits per heavy atom. The van der Waals surface area contributed by atoms with E-state index in [0.717, 1.165) is 30.3 Å². The number of rotatable bonds is 15. The number of phenolic OH excluding ortho intramolecular Hbond substituents is 2. The van der Waals surface area contributed by atoms with Crippen LogP contribution in [0.5, 0.6) is 11.5 Å². The number of nitrogens with two attached hydrogens (primary N) is 1. The summed E-state index contributed by atoms with van der Waals surface area (Å²) < 4.78 is 0. The van der Waals surface area contributed by atoms with Crippen LogP contribution in [0.15, 0.2) is 18.2 Å². The first-order valence-electron chi connectivity index (χ1n) is 11.1. The molecule has 6 N–H and O–H groups in total. The summed E-state index contributed by atoms with van der Waals surface area (Å²) in [5.41, 5.74) is 4.57. The molecule has 0 spiro atoms. The molecule has 0 radical (unpaired) electrons. The van der Waals surface area contributed by atoms with E-state index in [2.05, 4.69) is 12.3 Å². The first-order valence-corrected chi connectivity index (χ1v) is 11.1. The molecule has 0 aliphatic carbocycles. The highest BCUT2D eigenvalue weighted by molar-refractivity contribution is 6.05. The van der Waals surface area contributed by atoms with E-state index < -0.39 is 17.7 Å². The third kappa shape index (κ3) is 9.93. The van der Waals surface area contributed by atoms with Gasteiger partial charge in [0.2, 0.25) is 0 Å².